The van der Waals surface area contributed by atoms with Crippen molar-refractivity contribution in [2.24, 2.45) is 0 Å². The predicted octanol–water partition coefficient (Wildman–Crippen LogP) is 4.37. The van der Waals surface area contributed by atoms with Gasteiger partial charge in [0.25, 0.3) is 0 Å². The van der Waals surface area contributed by atoms with Gasteiger partial charge in [-0.25, -0.2) is 4.68 Å². The van der Waals surface area contributed by atoms with Crippen LogP contribution in [-0.4, -0.2) is 28.0 Å². The first-order valence-corrected chi connectivity index (χ1v) is 10.6. The molecule has 1 aromatic carbocycles. The third-order valence-electron chi connectivity index (χ3n) is 4.61. The van der Waals surface area contributed by atoms with E-state index >= 15 is 0 Å². The van der Waals surface area contributed by atoms with Crippen molar-refractivity contribution in [3.8, 4) is 0 Å². The third kappa shape index (κ3) is 2.83. The molecule has 5 nitrogen and oxygen atoms in total. The van der Waals surface area contributed by atoms with Crippen LogP contribution in [0.2, 0.25) is 0 Å². The summed E-state index contributed by atoms with van der Waals surface area (Å²) in [4.78, 5) is 2.37. The van der Waals surface area contributed by atoms with Gasteiger partial charge < -0.3 is 4.90 Å². The van der Waals surface area contributed by atoms with Crippen molar-refractivity contribution in [3.63, 3.8) is 0 Å². The second kappa shape index (κ2) is 6.96. The number of rotatable bonds is 6. The molecule has 0 bridgehead atoms. The molecule has 4 rings (SSSR count). The zero-order valence-corrected chi connectivity index (χ0v) is 16.5. The summed E-state index contributed by atoms with van der Waals surface area (Å²) in [5, 5.41) is 15.8. The van der Waals surface area contributed by atoms with Gasteiger partial charge >= 0.3 is 0 Å². The van der Waals surface area contributed by atoms with E-state index < -0.39 is 0 Å². The summed E-state index contributed by atoms with van der Waals surface area (Å²) < 4.78 is 2.21. The number of aryl methyl sites for hydroxylation is 1. The molecule has 25 heavy (non-hydrogen) atoms. The number of hydrogen-bond acceptors (Lipinski definition) is 6. The quantitative estimate of drug-likeness (QED) is 0.749. The fourth-order valence-electron chi connectivity index (χ4n) is 3.33. The maximum absolute atomic E-state index is 4.38. The predicted molar refractivity (Wildman–Crippen MR) is 107 cm³/mol. The minimum absolute atomic E-state index is 0.251. The summed E-state index contributed by atoms with van der Waals surface area (Å²) in [5.74, 6) is 1.06. The number of hydrogen-bond donors (Lipinski definition) is 0. The summed E-state index contributed by atoms with van der Waals surface area (Å²) in [6.07, 6.45) is 2.03. The molecule has 0 aliphatic carbocycles. The van der Waals surface area contributed by atoms with E-state index in [2.05, 4.69) is 75.2 Å². The number of fused-ring (bicyclic) bond motifs is 3. The van der Waals surface area contributed by atoms with Crippen LogP contribution in [0.5, 0.6) is 0 Å². The molecule has 2 aromatic rings. The van der Waals surface area contributed by atoms with Crippen LogP contribution in [-0.2, 0) is 6.42 Å². The minimum Gasteiger partial charge on any atom is -0.372 e. The number of thioether (sulfide) groups is 2. The van der Waals surface area contributed by atoms with E-state index in [1.165, 1.54) is 16.3 Å². The van der Waals surface area contributed by atoms with Gasteiger partial charge in [0.15, 0.2) is 5.82 Å². The Morgan fingerprint density at radius 3 is 2.52 bits per heavy atom. The Labute approximate surface area is 157 Å². The summed E-state index contributed by atoms with van der Waals surface area (Å²) in [7, 11) is 0. The Balaban J connectivity index is 1.63. The van der Waals surface area contributed by atoms with Gasteiger partial charge in [-0.3, -0.25) is 5.01 Å². The topological polar surface area (TPSA) is 37.2 Å². The lowest BCUT2D eigenvalue weighted by Crippen LogP contribution is -2.30. The van der Waals surface area contributed by atoms with Crippen LogP contribution in [0.15, 0.2) is 39.9 Å². The Hall–Kier alpha value is -1.60. The van der Waals surface area contributed by atoms with Crippen LogP contribution in [0.1, 0.15) is 44.0 Å². The van der Waals surface area contributed by atoms with Crippen LogP contribution >= 0.6 is 23.5 Å². The molecule has 7 heteroatoms. The molecule has 0 saturated heterocycles. The monoisotopic (exact) mass is 373 g/mol. The zero-order valence-electron chi connectivity index (χ0n) is 14.8. The van der Waals surface area contributed by atoms with E-state index in [9.17, 15) is 0 Å². The highest BCUT2D eigenvalue weighted by atomic mass is 32.2. The van der Waals surface area contributed by atoms with Gasteiger partial charge in [-0.2, -0.15) is 0 Å². The summed E-state index contributed by atoms with van der Waals surface area (Å²) in [5.41, 5.74) is 2.61. The molecule has 3 heterocycles. The molecule has 0 amide bonds. The Morgan fingerprint density at radius 1 is 1.08 bits per heavy atom. The smallest absolute Gasteiger partial charge is 0.216 e. The van der Waals surface area contributed by atoms with E-state index in [4.69, 9.17) is 0 Å². The first-order chi connectivity index (χ1) is 12.3. The zero-order chi connectivity index (χ0) is 17.4. The largest absolute Gasteiger partial charge is 0.372 e. The van der Waals surface area contributed by atoms with Gasteiger partial charge in [-0.15, -0.1) is 10.2 Å². The fraction of sp³-hybridized carbons (Fsp3) is 0.444. The molecule has 2 aliphatic heterocycles. The maximum atomic E-state index is 4.38. The molecule has 132 valence electrons. The van der Waals surface area contributed by atoms with Crippen LogP contribution in [0, 0.1) is 0 Å². The lowest BCUT2D eigenvalue weighted by molar-refractivity contribution is 0.598. The normalized spacial score (nSPS) is 18.3. The first kappa shape index (κ1) is 16.8. The summed E-state index contributed by atoms with van der Waals surface area (Å²) >= 11 is 3.57. The van der Waals surface area contributed by atoms with Crippen LogP contribution < -0.4 is 9.91 Å². The molecule has 1 atom stereocenters. The Morgan fingerprint density at radius 2 is 1.84 bits per heavy atom. The maximum Gasteiger partial charge on any atom is 0.216 e. The van der Waals surface area contributed by atoms with Crippen molar-refractivity contribution in [3.05, 3.63) is 46.1 Å². The SMILES string of the molecule is CCCc1nnc2n1N1C(=CSC1c1ccc(N(CC)CC)cc1)S2. The molecular weight excluding hydrogens is 350 g/mol. The molecule has 0 spiro atoms. The molecule has 0 saturated carbocycles. The van der Waals surface area contributed by atoms with Gasteiger partial charge in [-0.05, 0) is 49.7 Å². The lowest BCUT2D eigenvalue weighted by atomic mass is 10.2. The highest BCUT2D eigenvalue weighted by Crippen LogP contribution is 2.51. The van der Waals surface area contributed by atoms with Crippen molar-refractivity contribution < 1.29 is 0 Å². The molecule has 1 aromatic heterocycles. The fourth-order valence-corrected chi connectivity index (χ4v) is 5.58. The lowest BCUT2D eigenvalue weighted by Gasteiger charge is -2.27. The van der Waals surface area contributed by atoms with Crippen LogP contribution in [0.4, 0.5) is 5.69 Å². The van der Waals surface area contributed by atoms with Crippen LogP contribution in [0.25, 0.3) is 0 Å². The molecular formula is C18H23N5S2. The van der Waals surface area contributed by atoms with Gasteiger partial charge in [0.2, 0.25) is 5.16 Å². The van der Waals surface area contributed by atoms with E-state index in [1.54, 1.807) is 11.8 Å². The number of nitrogens with zero attached hydrogens (tertiary/aromatic N) is 5. The van der Waals surface area contributed by atoms with Gasteiger partial charge in [0, 0.05) is 30.6 Å². The molecule has 0 fully saturated rings. The second-order valence-corrected chi connectivity index (χ2v) is 8.06. The average molecular weight is 374 g/mol. The Kier molecular flexibility index (Phi) is 4.69. The van der Waals surface area contributed by atoms with Crippen molar-refractivity contribution in [1.82, 2.24) is 14.9 Å². The number of aromatic nitrogens is 3. The van der Waals surface area contributed by atoms with E-state index in [-0.39, 0.29) is 5.37 Å². The second-order valence-electron chi connectivity index (χ2n) is 6.12. The minimum atomic E-state index is 0.251. The van der Waals surface area contributed by atoms with Gasteiger partial charge in [-0.1, -0.05) is 30.8 Å². The molecule has 2 aliphatic rings. The third-order valence-corrected chi connectivity index (χ3v) is 6.80. The van der Waals surface area contributed by atoms with Crippen molar-refractivity contribution in [2.75, 3.05) is 23.0 Å². The molecule has 0 radical (unpaired) electrons. The Bertz CT molecular complexity index is 779. The standard InChI is InChI=1S/C18H23N5S2/c1-4-7-15-19-20-18-22(15)23-16(25-18)12-24-17(23)13-8-10-14(11-9-13)21(5-2)6-3/h8-12,17H,4-7H2,1-3H3. The van der Waals surface area contributed by atoms with Gasteiger partial charge in [0.1, 0.15) is 10.4 Å². The van der Waals surface area contributed by atoms with E-state index in [0.717, 1.165) is 36.9 Å². The van der Waals surface area contributed by atoms with Crippen LogP contribution in [0.3, 0.4) is 0 Å². The van der Waals surface area contributed by atoms with Crippen molar-refractivity contribution in [1.29, 1.82) is 0 Å². The van der Waals surface area contributed by atoms with E-state index in [1.807, 2.05) is 11.8 Å². The summed E-state index contributed by atoms with van der Waals surface area (Å²) in [6.45, 7) is 8.65. The van der Waals surface area contributed by atoms with Crippen molar-refractivity contribution in [2.45, 2.75) is 44.1 Å². The van der Waals surface area contributed by atoms with Gasteiger partial charge in [0.05, 0.1) is 0 Å². The highest BCUT2D eigenvalue weighted by Gasteiger charge is 2.39. The van der Waals surface area contributed by atoms with Crippen molar-refractivity contribution >= 4 is 29.2 Å². The molecule has 0 N–H and O–H groups in total. The van der Waals surface area contributed by atoms with E-state index in [0.29, 0.717) is 0 Å². The number of benzene rings is 1. The number of anilines is 1. The molecule has 1 unspecified atom stereocenters. The first-order valence-electron chi connectivity index (χ1n) is 8.89. The average Bonchev–Trinajstić information content (AvgIpc) is 3.29. The highest BCUT2D eigenvalue weighted by molar-refractivity contribution is 8.07. The summed E-state index contributed by atoms with van der Waals surface area (Å²) in [6, 6.07) is 9.00.